The number of carbonyl (C=O) groups is 1. The van der Waals surface area contributed by atoms with Crippen molar-refractivity contribution in [3.05, 3.63) is 78.1 Å². The molecule has 3 aromatic rings. The van der Waals surface area contributed by atoms with Crippen molar-refractivity contribution in [1.29, 1.82) is 0 Å². The average molecular weight is 331 g/mol. The van der Waals surface area contributed by atoms with Gasteiger partial charge in [-0.25, -0.2) is 0 Å². The maximum absolute atomic E-state index is 12.9. The van der Waals surface area contributed by atoms with Crippen LogP contribution in [0, 0.1) is 5.92 Å². The summed E-state index contributed by atoms with van der Waals surface area (Å²) in [6.45, 7) is 2.01. The first kappa shape index (κ1) is 15.8. The maximum atomic E-state index is 12.9. The fraction of sp³-hybridized carbons (Fsp3) is 0.238. The Bertz CT molecular complexity index is 888. The van der Waals surface area contributed by atoms with E-state index in [-0.39, 0.29) is 11.9 Å². The summed E-state index contributed by atoms with van der Waals surface area (Å²) in [5.41, 5.74) is 1.85. The van der Waals surface area contributed by atoms with Crippen molar-refractivity contribution < 1.29 is 4.79 Å². The number of aromatic nitrogens is 1. The third-order valence-electron chi connectivity index (χ3n) is 4.91. The Balaban J connectivity index is 1.59. The van der Waals surface area contributed by atoms with E-state index in [2.05, 4.69) is 34.4 Å². The first-order valence-corrected chi connectivity index (χ1v) is 8.59. The van der Waals surface area contributed by atoms with Gasteiger partial charge < -0.3 is 10.2 Å². The zero-order chi connectivity index (χ0) is 17.2. The van der Waals surface area contributed by atoms with E-state index in [4.69, 9.17) is 0 Å². The lowest BCUT2D eigenvalue weighted by Crippen LogP contribution is -2.50. The molecule has 2 heterocycles. The van der Waals surface area contributed by atoms with Gasteiger partial charge in [0.15, 0.2) is 0 Å². The second-order valence-corrected chi connectivity index (χ2v) is 6.78. The molecule has 1 aromatic heterocycles. The number of nitrogens with zero attached hydrogens (tertiary/aromatic N) is 2. The number of benzene rings is 2. The first-order valence-electron chi connectivity index (χ1n) is 8.59. The predicted molar refractivity (Wildman–Crippen MR) is 99.4 cm³/mol. The molecule has 4 rings (SSSR count). The Morgan fingerprint density at radius 3 is 2.68 bits per heavy atom. The summed E-state index contributed by atoms with van der Waals surface area (Å²) >= 11 is 0. The molecular weight excluding hydrogens is 310 g/mol. The van der Waals surface area contributed by atoms with Crippen LogP contribution in [0.5, 0.6) is 0 Å². The molecule has 0 bridgehead atoms. The van der Waals surface area contributed by atoms with Crippen molar-refractivity contribution in [1.82, 2.24) is 15.2 Å². The second kappa shape index (κ2) is 6.65. The summed E-state index contributed by atoms with van der Waals surface area (Å²) < 4.78 is 0. The van der Waals surface area contributed by atoms with Gasteiger partial charge in [-0.15, -0.1) is 0 Å². The van der Waals surface area contributed by atoms with Gasteiger partial charge >= 0.3 is 0 Å². The minimum absolute atomic E-state index is 0.0258. The molecule has 0 spiro atoms. The third kappa shape index (κ3) is 3.26. The van der Waals surface area contributed by atoms with Crippen molar-refractivity contribution in [3.8, 4) is 0 Å². The van der Waals surface area contributed by atoms with E-state index in [9.17, 15) is 4.79 Å². The number of hydrogen-bond donors (Lipinski definition) is 1. The molecule has 0 aliphatic carbocycles. The number of carbonyl (C=O) groups excluding carboxylic acids is 1. The van der Waals surface area contributed by atoms with Gasteiger partial charge in [0.2, 0.25) is 0 Å². The molecular formula is C21H21N3O. The maximum Gasteiger partial charge on any atom is 0.251 e. The number of rotatable bonds is 4. The van der Waals surface area contributed by atoms with Crippen molar-refractivity contribution in [2.24, 2.45) is 5.92 Å². The predicted octanol–water partition coefficient (Wildman–Crippen LogP) is 3.27. The standard InChI is InChI=1S/C21H21N3O/c1-24-13-19(14-24)20(15-5-3-2-4-6-15)23-21(25)17-7-8-18-12-22-10-9-16(18)11-17/h2-12,19-20H,13-14H2,1H3,(H,23,25). The van der Waals surface area contributed by atoms with Gasteiger partial charge in [-0.3, -0.25) is 9.78 Å². The van der Waals surface area contributed by atoms with Crippen molar-refractivity contribution in [2.75, 3.05) is 20.1 Å². The quantitative estimate of drug-likeness (QED) is 0.798. The summed E-state index contributed by atoms with van der Waals surface area (Å²) in [4.78, 5) is 19.3. The van der Waals surface area contributed by atoms with E-state index in [1.54, 1.807) is 6.20 Å². The molecule has 1 aliphatic heterocycles. The summed E-state index contributed by atoms with van der Waals surface area (Å²) in [5, 5.41) is 5.33. The minimum atomic E-state index is -0.0258. The third-order valence-corrected chi connectivity index (χ3v) is 4.91. The smallest absolute Gasteiger partial charge is 0.251 e. The summed E-state index contributed by atoms with van der Waals surface area (Å²) in [6.07, 6.45) is 3.56. The van der Waals surface area contributed by atoms with Crippen LogP contribution < -0.4 is 5.32 Å². The lowest BCUT2D eigenvalue weighted by Gasteiger charge is -2.41. The van der Waals surface area contributed by atoms with Gasteiger partial charge in [0.1, 0.15) is 0 Å². The summed E-state index contributed by atoms with van der Waals surface area (Å²) in [5.74, 6) is 0.420. The van der Waals surface area contributed by atoms with Crippen molar-refractivity contribution in [2.45, 2.75) is 6.04 Å². The lowest BCUT2D eigenvalue weighted by atomic mass is 9.87. The molecule has 25 heavy (non-hydrogen) atoms. The van der Waals surface area contributed by atoms with Crippen LogP contribution in [0.3, 0.4) is 0 Å². The molecule has 1 saturated heterocycles. The fourth-order valence-electron chi connectivity index (χ4n) is 3.54. The van der Waals surface area contributed by atoms with E-state index in [0.717, 1.165) is 23.9 Å². The van der Waals surface area contributed by atoms with E-state index in [1.807, 2.05) is 48.7 Å². The highest BCUT2D eigenvalue weighted by Crippen LogP contribution is 2.29. The summed E-state index contributed by atoms with van der Waals surface area (Å²) in [6, 6.07) is 18.0. The van der Waals surface area contributed by atoms with Gasteiger partial charge in [0, 0.05) is 42.4 Å². The molecule has 0 radical (unpaired) electrons. The van der Waals surface area contributed by atoms with E-state index in [1.165, 1.54) is 5.56 Å². The Hall–Kier alpha value is -2.72. The van der Waals surface area contributed by atoms with Gasteiger partial charge in [-0.05, 0) is 36.2 Å². The molecule has 1 atom stereocenters. The Morgan fingerprint density at radius 1 is 1.12 bits per heavy atom. The molecule has 1 amide bonds. The first-order chi connectivity index (χ1) is 12.2. The van der Waals surface area contributed by atoms with Gasteiger partial charge in [-0.2, -0.15) is 0 Å². The van der Waals surface area contributed by atoms with Crippen LogP contribution in [-0.2, 0) is 0 Å². The largest absolute Gasteiger partial charge is 0.345 e. The molecule has 0 saturated carbocycles. The molecule has 1 unspecified atom stereocenters. The normalized spacial score (nSPS) is 16.4. The van der Waals surface area contributed by atoms with Crippen LogP contribution in [0.1, 0.15) is 22.0 Å². The van der Waals surface area contributed by atoms with Crippen LogP contribution in [-0.4, -0.2) is 35.9 Å². The highest BCUT2D eigenvalue weighted by atomic mass is 16.1. The van der Waals surface area contributed by atoms with Crippen LogP contribution in [0.25, 0.3) is 10.8 Å². The number of likely N-dealkylation sites (tertiary alicyclic amines) is 1. The lowest BCUT2D eigenvalue weighted by molar-refractivity contribution is 0.0773. The highest BCUT2D eigenvalue weighted by molar-refractivity contribution is 5.98. The Labute approximate surface area is 147 Å². The number of amides is 1. The molecule has 2 aromatic carbocycles. The van der Waals surface area contributed by atoms with Crippen LogP contribution >= 0.6 is 0 Å². The van der Waals surface area contributed by atoms with Crippen LogP contribution in [0.4, 0.5) is 0 Å². The van der Waals surface area contributed by atoms with Gasteiger partial charge in [0.05, 0.1) is 6.04 Å². The molecule has 1 fully saturated rings. The molecule has 1 N–H and O–H groups in total. The number of pyridine rings is 1. The summed E-state index contributed by atoms with van der Waals surface area (Å²) in [7, 11) is 2.11. The molecule has 126 valence electrons. The van der Waals surface area contributed by atoms with E-state index in [0.29, 0.717) is 11.5 Å². The Morgan fingerprint density at radius 2 is 1.92 bits per heavy atom. The van der Waals surface area contributed by atoms with E-state index < -0.39 is 0 Å². The van der Waals surface area contributed by atoms with Crippen LogP contribution in [0.2, 0.25) is 0 Å². The minimum Gasteiger partial charge on any atom is -0.345 e. The SMILES string of the molecule is CN1CC(C(NC(=O)c2ccc3cnccc3c2)c2ccccc2)C1. The number of hydrogen-bond acceptors (Lipinski definition) is 3. The van der Waals surface area contributed by atoms with Gasteiger partial charge in [0.25, 0.3) is 5.91 Å². The number of fused-ring (bicyclic) bond motifs is 1. The van der Waals surface area contributed by atoms with Crippen molar-refractivity contribution >= 4 is 16.7 Å². The fourth-order valence-corrected chi connectivity index (χ4v) is 3.54. The molecule has 4 nitrogen and oxygen atoms in total. The number of nitrogens with one attached hydrogen (secondary N) is 1. The Kier molecular flexibility index (Phi) is 4.20. The van der Waals surface area contributed by atoms with Gasteiger partial charge in [-0.1, -0.05) is 36.4 Å². The van der Waals surface area contributed by atoms with Crippen LogP contribution in [0.15, 0.2) is 67.0 Å². The monoisotopic (exact) mass is 331 g/mol. The molecule has 4 heteroatoms. The second-order valence-electron chi connectivity index (χ2n) is 6.78. The van der Waals surface area contributed by atoms with Crippen molar-refractivity contribution in [3.63, 3.8) is 0 Å². The average Bonchev–Trinajstić information content (AvgIpc) is 2.64. The topological polar surface area (TPSA) is 45.2 Å². The molecule has 1 aliphatic rings. The van der Waals surface area contributed by atoms with E-state index >= 15 is 0 Å². The zero-order valence-electron chi connectivity index (χ0n) is 14.2. The zero-order valence-corrected chi connectivity index (χ0v) is 14.2. The highest BCUT2D eigenvalue weighted by Gasteiger charge is 2.33.